The first-order valence-electron chi connectivity index (χ1n) is 7.35. The van der Waals surface area contributed by atoms with Crippen LogP contribution in [-0.2, 0) is 17.9 Å². The fourth-order valence-corrected chi connectivity index (χ4v) is 2.71. The molecule has 0 unspecified atom stereocenters. The second kappa shape index (κ2) is 6.16. The van der Waals surface area contributed by atoms with Crippen molar-refractivity contribution in [1.82, 2.24) is 10.2 Å². The summed E-state index contributed by atoms with van der Waals surface area (Å²) in [6.07, 6.45) is 0.999. The van der Waals surface area contributed by atoms with Gasteiger partial charge in [-0.1, -0.05) is 38.1 Å². The van der Waals surface area contributed by atoms with Crippen molar-refractivity contribution in [2.75, 3.05) is 6.54 Å². The number of benzene rings is 1. The van der Waals surface area contributed by atoms with Crippen molar-refractivity contribution in [2.45, 2.75) is 39.8 Å². The molecule has 1 heterocycles. The average molecular weight is 290 g/mol. The summed E-state index contributed by atoms with van der Waals surface area (Å²) in [4.78, 5) is 25.4. The van der Waals surface area contributed by atoms with Crippen LogP contribution in [0.25, 0.3) is 0 Å². The van der Waals surface area contributed by atoms with Gasteiger partial charge >= 0.3 is 12.0 Å². The van der Waals surface area contributed by atoms with Crippen molar-refractivity contribution in [2.24, 2.45) is 5.41 Å². The smallest absolute Gasteiger partial charge is 0.318 e. The Bertz CT molecular complexity index is 513. The Morgan fingerprint density at radius 1 is 1.19 bits per heavy atom. The van der Waals surface area contributed by atoms with E-state index in [4.69, 9.17) is 0 Å². The number of rotatable bonds is 5. The molecule has 1 aliphatic rings. The van der Waals surface area contributed by atoms with Crippen LogP contribution in [-0.4, -0.2) is 28.6 Å². The molecule has 0 atom stereocenters. The summed E-state index contributed by atoms with van der Waals surface area (Å²) in [5.41, 5.74) is 1.44. The number of urea groups is 1. The Kier molecular flexibility index (Phi) is 4.50. The first-order chi connectivity index (χ1) is 10.0. The van der Waals surface area contributed by atoms with Crippen molar-refractivity contribution in [3.05, 3.63) is 35.4 Å². The van der Waals surface area contributed by atoms with Crippen molar-refractivity contribution in [1.29, 1.82) is 0 Å². The molecule has 1 aromatic rings. The quantitative estimate of drug-likeness (QED) is 0.875. The van der Waals surface area contributed by atoms with E-state index < -0.39 is 11.4 Å². The molecular formula is C16H22N2O3. The Morgan fingerprint density at radius 3 is 2.14 bits per heavy atom. The molecule has 2 rings (SSSR count). The Balaban J connectivity index is 1.96. The first kappa shape index (κ1) is 15.4. The number of amides is 2. The van der Waals surface area contributed by atoms with E-state index in [2.05, 4.69) is 5.32 Å². The lowest BCUT2D eigenvalue weighted by molar-refractivity contribution is -0.149. The van der Waals surface area contributed by atoms with Gasteiger partial charge in [0.1, 0.15) is 0 Å². The van der Waals surface area contributed by atoms with E-state index in [9.17, 15) is 14.7 Å². The van der Waals surface area contributed by atoms with Crippen LogP contribution >= 0.6 is 0 Å². The molecule has 0 saturated heterocycles. The molecule has 0 saturated carbocycles. The Labute approximate surface area is 125 Å². The molecule has 114 valence electrons. The van der Waals surface area contributed by atoms with Crippen molar-refractivity contribution < 1.29 is 14.7 Å². The highest BCUT2D eigenvalue weighted by molar-refractivity contribution is 5.78. The molecule has 0 fully saturated rings. The topological polar surface area (TPSA) is 69.6 Å². The van der Waals surface area contributed by atoms with Crippen LogP contribution in [0, 0.1) is 5.41 Å². The number of carboxylic acid groups (broad SMARTS) is 1. The minimum absolute atomic E-state index is 0.168. The fourth-order valence-electron chi connectivity index (χ4n) is 2.71. The summed E-state index contributed by atoms with van der Waals surface area (Å²) < 4.78 is 0. The molecule has 1 aromatic carbocycles. The zero-order chi connectivity index (χ0) is 15.5. The summed E-state index contributed by atoms with van der Waals surface area (Å²) in [5, 5.41) is 12.2. The number of fused-ring (bicyclic) bond motifs is 1. The van der Waals surface area contributed by atoms with Gasteiger partial charge in [0.2, 0.25) is 0 Å². The van der Waals surface area contributed by atoms with E-state index in [1.165, 1.54) is 0 Å². The molecule has 0 aliphatic carbocycles. The van der Waals surface area contributed by atoms with Gasteiger partial charge in [0.15, 0.2) is 0 Å². The largest absolute Gasteiger partial charge is 0.481 e. The lowest BCUT2D eigenvalue weighted by Gasteiger charge is -2.28. The number of carbonyl (C=O) groups is 2. The van der Waals surface area contributed by atoms with Crippen molar-refractivity contribution in [3.8, 4) is 0 Å². The van der Waals surface area contributed by atoms with Crippen LogP contribution in [0.2, 0.25) is 0 Å². The summed E-state index contributed by atoms with van der Waals surface area (Å²) in [6, 6.07) is 7.76. The first-order valence-corrected chi connectivity index (χ1v) is 7.35. The highest BCUT2D eigenvalue weighted by Crippen LogP contribution is 2.26. The van der Waals surface area contributed by atoms with E-state index in [0.717, 1.165) is 11.1 Å². The summed E-state index contributed by atoms with van der Waals surface area (Å²) >= 11 is 0. The third-order valence-electron chi connectivity index (χ3n) is 4.51. The van der Waals surface area contributed by atoms with E-state index in [-0.39, 0.29) is 12.6 Å². The van der Waals surface area contributed by atoms with Gasteiger partial charge in [-0.15, -0.1) is 0 Å². The van der Waals surface area contributed by atoms with E-state index in [1.54, 1.807) is 4.90 Å². The molecule has 21 heavy (non-hydrogen) atoms. The van der Waals surface area contributed by atoms with Gasteiger partial charge in [-0.05, 0) is 24.0 Å². The highest BCUT2D eigenvalue weighted by Gasteiger charge is 2.36. The zero-order valence-electron chi connectivity index (χ0n) is 12.6. The lowest BCUT2D eigenvalue weighted by atomic mass is 9.82. The van der Waals surface area contributed by atoms with E-state index in [1.807, 2.05) is 38.1 Å². The van der Waals surface area contributed by atoms with Crippen LogP contribution in [0.3, 0.4) is 0 Å². The standard InChI is InChI=1S/C16H22N2O3/c1-3-16(4-2,14(19)20)11-17-15(21)18-9-12-7-5-6-8-13(12)10-18/h5-8H,3-4,9-11H2,1-2H3,(H,17,21)(H,19,20). The maximum atomic E-state index is 12.2. The molecule has 0 aromatic heterocycles. The van der Waals surface area contributed by atoms with Crippen LogP contribution in [0.4, 0.5) is 4.79 Å². The van der Waals surface area contributed by atoms with E-state index in [0.29, 0.717) is 25.9 Å². The summed E-state index contributed by atoms with van der Waals surface area (Å²) in [7, 11) is 0. The SMILES string of the molecule is CCC(CC)(CNC(=O)N1Cc2ccccc2C1)C(=O)O. The Morgan fingerprint density at radius 2 is 1.71 bits per heavy atom. The number of nitrogens with one attached hydrogen (secondary N) is 1. The Hall–Kier alpha value is -2.04. The molecule has 5 heteroatoms. The van der Waals surface area contributed by atoms with Gasteiger partial charge < -0.3 is 15.3 Å². The third kappa shape index (κ3) is 3.01. The molecule has 5 nitrogen and oxygen atoms in total. The maximum Gasteiger partial charge on any atom is 0.318 e. The predicted octanol–water partition coefficient (Wildman–Crippen LogP) is 2.60. The number of carbonyl (C=O) groups excluding carboxylic acids is 1. The minimum atomic E-state index is -0.873. The normalized spacial score (nSPS) is 13.9. The molecule has 0 radical (unpaired) electrons. The number of aliphatic carboxylic acids is 1. The lowest BCUT2D eigenvalue weighted by Crippen LogP contribution is -2.46. The molecule has 1 aliphatic heterocycles. The highest BCUT2D eigenvalue weighted by atomic mass is 16.4. The van der Waals surface area contributed by atoms with Crippen LogP contribution in [0.5, 0.6) is 0 Å². The van der Waals surface area contributed by atoms with Gasteiger partial charge in [0, 0.05) is 19.6 Å². The average Bonchev–Trinajstić information content (AvgIpc) is 2.92. The zero-order valence-corrected chi connectivity index (χ0v) is 12.6. The monoisotopic (exact) mass is 290 g/mol. The predicted molar refractivity (Wildman–Crippen MR) is 79.7 cm³/mol. The van der Waals surface area contributed by atoms with Gasteiger partial charge in [-0.2, -0.15) is 0 Å². The minimum Gasteiger partial charge on any atom is -0.481 e. The number of hydrogen-bond donors (Lipinski definition) is 2. The molecule has 2 N–H and O–H groups in total. The van der Waals surface area contributed by atoms with Crippen molar-refractivity contribution in [3.63, 3.8) is 0 Å². The van der Waals surface area contributed by atoms with Gasteiger partial charge in [-0.25, -0.2) is 4.79 Å². The molecular weight excluding hydrogens is 268 g/mol. The number of nitrogens with zero attached hydrogens (tertiary/aromatic N) is 1. The van der Waals surface area contributed by atoms with Crippen molar-refractivity contribution >= 4 is 12.0 Å². The van der Waals surface area contributed by atoms with Crippen LogP contribution in [0.1, 0.15) is 37.8 Å². The fraction of sp³-hybridized carbons (Fsp3) is 0.500. The third-order valence-corrected chi connectivity index (χ3v) is 4.51. The van der Waals surface area contributed by atoms with E-state index >= 15 is 0 Å². The number of hydrogen-bond acceptors (Lipinski definition) is 2. The molecule has 0 spiro atoms. The second-order valence-electron chi connectivity index (χ2n) is 5.58. The number of carboxylic acids is 1. The van der Waals surface area contributed by atoms with Crippen LogP contribution < -0.4 is 5.32 Å². The summed E-state index contributed by atoms with van der Waals surface area (Å²) in [6.45, 7) is 5.02. The van der Waals surface area contributed by atoms with Crippen LogP contribution in [0.15, 0.2) is 24.3 Å². The van der Waals surface area contributed by atoms with Gasteiger partial charge in [-0.3, -0.25) is 4.79 Å². The van der Waals surface area contributed by atoms with Gasteiger partial charge in [0.25, 0.3) is 0 Å². The molecule has 0 bridgehead atoms. The van der Waals surface area contributed by atoms with Gasteiger partial charge in [0.05, 0.1) is 5.41 Å². The second-order valence-corrected chi connectivity index (χ2v) is 5.58. The summed E-state index contributed by atoms with van der Waals surface area (Å²) in [5.74, 6) is -0.850. The maximum absolute atomic E-state index is 12.2. The molecule has 2 amide bonds.